The van der Waals surface area contributed by atoms with Gasteiger partial charge in [0.15, 0.2) is 0 Å². The fourth-order valence-electron chi connectivity index (χ4n) is 1.71. The van der Waals surface area contributed by atoms with Crippen molar-refractivity contribution in [1.29, 1.82) is 5.26 Å². The predicted octanol–water partition coefficient (Wildman–Crippen LogP) is 3.55. The molecule has 0 aromatic heterocycles. The van der Waals surface area contributed by atoms with Crippen LogP contribution in [0.5, 0.6) is 11.5 Å². The van der Waals surface area contributed by atoms with Gasteiger partial charge in [-0.2, -0.15) is 5.26 Å². The highest BCUT2D eigenvalue weighted by molar-refractivity contribution is 5.53. The fraction of sp³-hybridized carbons (Fsp3) is 0.133. The highest BCUT2D eigenvalue weighted by Crippen LogP contribution is 2.30. The van der Waals surface area contributed by atoms with Crippen LogP contribution in [0.3, 0.4) is 0 Å². The lowest BCUT2D eigenvalue weighted by Crippen LogP contribution is -1.94. The quantitative estimate of drug-likeness (QED) is 0.814. The van der Waals surface area contributed by atoms with Gasteiger partial charge in [0, 0.05) is 5.69 Å². The van der Waals surface area contributed by atoms with Gasteiger partial charge in [0.25, 0.3) is 0 Å². The number of hydrogen-bond acceptors (Lipinski definition) is 3. The van der Waals surface area contributed by atoms with Gasteiger partial charge >= 0.3 is 0 Å². The number of aryl methyl sites for hydroxylation is 2. The molecule has 0 saturated carbocycles. The van der Waals surface area contributed by atoms with Crippen molar-refractivity contribution in [2.24, 2.45) is 0 Å². The van der Waals surface area contributed by atoms with E-state index in [-0.39, 0.29) is 0 Å². The summed E-state index contributed by atoms with van der Waals surface area (Å²) in [5, 5.41) is 9.07. The number of para-hydroxylation sites is 1. The van der Waals surface area contributed by atoms with E-state index >= 15 is 0 Å². The van der Waals surface area contributed by atoms with Crippen molar-refractivity contribution >= 4 is 5.69 Å². The maximum Gasteiger partial charge on any atom is 0.148 e. The molecule has 2 rings (SSSR count). The molecule has 90 valence electrons. The van der Waals surface area contributed by atoms with Crippen LogP contribution in [0.2, 0.25) is 0 Å². The third-order valence-corrected chi connectivity index (χ3v) is 2.79. The van der Waals surface area contributed by atoms with Crippen molar-refractivity contribution in [3.63, 3.8) is 0 Å². The summed E-state index contributed by atoms with van der Waals surface area (Å²) >= 11 is 0. The van der Waals surface area contributed by atoms with Crippen LogP contribution >= 0.6 is 0 Å². The Hall–Kier alpha value is -2.47. The minimum absolute atomic E-state index is 0.532. The highest BCUT2D eigenvalue weighted by Gasteiger charge is 2.08. The van der Waals surface area contributed by atoms with E-state index in [9.17, 15) is 0 Å². The van der Waals surface area contributed by atoms with Crippen LogP contribution in [0.4, 0.5) is 5.69 Å². The molecular formula is C15H14N2O. The third-order valence-electron chi connectivity index (χ3n) is 2.79. The van der Waals surface area contributed by atoms with E-state index in [4.69, 9.17) is 15.7 Å². The summed E-state index contributed by atoms with van der Waals surface area (Å²) in [6, 6.07) is 13.1. The molecule has 0 unspecified atom stereocenters. The smallest absolute Gasteiger partial charge is 0.148 e. The molecule has 0 fully saturated rings. The summed E-state index contributed by atoms with van der Waals surface area (Å²) in [7, 11) is 0. The SMILES string of the molecule is Cc1cc(Oc2c(C)cccc2C#N)ccc1N. The van der Waals surface area contributed by atoms with E-state index in [0.29, 0.717) is 17.1 Å². The van der Waals surface area contributed by atoms with Crippen LogP contribution < -0.4 is 10.5 Å². The van der Waals surface area contributed by atoms with E-state index in [0.717, 1.165) is 16.8 Å². The van der Waals surface area contributed by atoms with E-state index in [1.807, 2.05) is 32.0 Å². The van der Waals surface area contributed by atoms with Crippen LogP contribution in [-0.4, -0.2) is 0 Å². The summed E-state index contributed by atoms with van der Waals surface area (Å²) in [4.78, 5) is 0. The maximum absolute atomic E-state index is 9.07. The topological polar surface area (TPSA) is 59.0 Å². The van der Waals surface area contributed by atoms with Gasteiger partial charge < -0.3 is 10.5 Å². The molecule has 0 saturated heterocycles. The Morgan fingerprint density at radius 3 is 2.56 bits per heavy atom. The van der Waals surface area contributed by atoms with E-state index in [1.165, 1.54) is 0 Å². The summed E-state index contributed by atoms with van der Waals surface area (Å²) in [5.41, 5.74) is 8.91. The van der Waals surface area contributed by atoms with Crippen LogP contribution in [0.25, 0.3) is 0 Å². The molecule has 0 aliphatic carbocycles. The van der Waals surface area contributed by atoms with E-state index < -0.39 is 0 Å². The molecule has 3 heteroatoms. The fourth-order valence-corrected chi connectivity index (χ4v) is 1.71. The van der Waals surface area contributed by atoms with Gasteiger partial charge in [0.2, 0.25) is 0 Å². The normalized spacial score (nSPS) is 9.83. The van der Waals surface area contributed by atoms with E-state index in [1.54, 1.807) is 18.2 Å². The van der Waals surface area contributed by atoms with Gasteiger partial charge in [0.05, 0.1) is 5.56 Å². The lowest BCUT2D eigenvalue weighted by atomic mass is 10.1. The number of anilines is 1. The van der Waals surface area contributed by atoms with Crippen molar-refractivity contribution in [3.8, 4) is 17.6 Å². The van der Waals surface area contributed by atoms with Crippen LogP contribution in [-0.2, 0) is 0 Å². The molecule has 2 N–H and O–H groups in total. The van der Waals surface area contributed by atoms with Crippen LogP contribution in [0.1, 0.15) is 16.7 Å². The van der Waals surface area contributed by atoms with Gasteiger partial charge in [-0.05, 0) is 49.2 Å². The summed E-state index contributed by atoms with van der Waals surface area (Å²) < 4.78 is 5.79. The predicted molar refractivity (Wildman–Crippen MR) is 71.6 cm³/mol. The minimum atomic E-state index is 0.532. The number of nitrogen functional groups attached to an aromatic ring is 1. The van der Waals surface area contributed by atoms with Crippen molar-refractivity contribution in [1.82, 2.24) is 0 Å². The zero-order valence-electron chi connectivity index (χ0n) is 10.4. The first-order chi connectivity index (χ1) is 8.61. The Kier molecular flexibility index (Phi) is 3.20. The summed E-state index contributed by atoms with van der Waals surface area (Å²) in [5.74, 6) is 1.29. The third kappa shape index (κ3) is 2.28. The van der Waals surface area contributed by atoms with Crippen LogP contribution in [0.15, 0.2) is 36.4 Å². The van der Waals surface area contributed by atoms with Gasteiger partial charge in [0.1, 0.15) is 17.6 Å². The average Bonchev–Trinajstić information content (AvgIpc) is 2.36. The molecule has 0 bridgehead atoms. The van der Waals surface area contributed by atoms with Gasteiger partial charge in [-0.25, -0.2) is 0 Å². The molecule has 0 atom stereocenters. The second kappa shape index (κ2) is 4.80. The lowest BCUT2D eigenvalue weighted by molar-refractivity contribution is 0.477. The Bertz CT molecular complexity index is 627. The number of ether oxygens (including phenoxy) is 1. The van der Waals surface area contributed by atoms with Gasteiger partial charge in [-0.15, -0.1) is 0 Å². The highest BCUT2D eigenvalue weighted by atomic mass is 16.5. The number of nitriles is 1. The zero-order valence-corrected chi connectivity index (χ0v) is 10.4. The zero-order chi connectivity index (χ0) is 13.1. The van der Waals surface area contributed by atoms with Crippen molar-refractivity contribution in [2.75, 3.05) is 5.73 Å². The molecule has 3 nitrogen and oxygen atoms in total. The maximum atomic E-state index is 9.07. The Morgan fingerprint density at radius 1 is 1.11 bits per heavy atom. The molecule has 2 aromatic rings. The van der Waals surface area contributed by atoms with Crippen molar-refractivity contribution in [2.45, 2.75) is 13.8 Å². The number of benzene rings is 2. The molecule has 0 aliphatic rings. The first-order valence-electron chi connectivity index (χ1n) is 5.65. The largest absolute Gasteiger partial charge is 0.456 e. The summed E-state index contributed by atoms with van der Waals surface area (Å²) in [6.07, 6.45) is 0. The molecule has 0 heterocycles. The molecule has 0 aliphatic heterocycles. The number of nitrogens with zero attached hydrogens (tertiary/aromatic N) is 1. The van der Waals surface area contributed by atoms with Crippen LogP contribution in [0, 0.1) is 25.2 Å². The average molecular weight is 238 g/mol. The Morgan fingerprint density at radius 2 is 1.89 bits per heavy atom. The van der Waals surface area contributed by atoms with Crippen molar-refractivity contribution in [3.05, 3.63) is 53.1 Å². The number of nitrogens with two attached hydrogens (primary N) is 1. The lowest BCUT2D eigenvalue weighted by Gasteiger charge is -2.11. The molecular weight excluding hydrogens is 224 g/mol. The Balaban J connectivity index is 2.40. The van der Waals surface area contributed by atoms with Gasteiger partial charge in [-0.3, -0.25) is 0 Å². The molecule has 2 aromatic carbocycles. The second-order valence-electron chi connectivity index (χ2n) is 4.18. The monoisotopic (exact) mass is 238 g/mol. The minimum Gasteiger partial charge on any atom is -0.456 e. The molecule has 0 amide bonds. The van der Waals surface area contributed by atoms with E-state index in [2.05, 4.69) is 6.07 Å². The molecule has 0 radical (unpaired) electrons. The number of hydrogen-bond donors (Lipinski definition) is 1. The molecule has 18 heavy (non-hydrogen) atoms. The summed E-state index contributed by atoms with van der Waals surface area (Å²) in [6.45, 7) is 3.84. The van der Waals surface area contributed by atoms with Crippen molar-refractivity contribution < 1.29 is 4.74 Å². The number of rotatable bonds is 2. The second-order valence-corrected chi connectivity index (χ2v) is 4.18. The standard InChI is InChI=1S/C15H14N2O/c1-10-4-3-5-12(9-16)15(10)18-13-6-7-14(17)11(2)8-13/h3-8H,17H2,1-2H3. The van der Waals surface area contributed by atoms with Gasteiger partial charge in [-0.1, -0.05) is 12.1 Å². The first-order valence-corrected chi connectivity index (χ1v) is 5.65. The molecule has 0 spiro atoms. The first kappa shape index (κ1) is 12.0. The Labute approximate surface area is 106 Å².